The van der Waals surface area contributed by atoms with Gasteiger partial charge in [-0.2, -0.15) is 5.10 Å². The molecule has 0 saturated heterocycles. The first-order valence-corrected chi connectivity index (χ1v) is 4.86. The van der Waals surface area contributed by atoms with Gasteiger partial charge >= 0.3 is 0 Å². The highest BCUT2D eigenvalue weighted by Gasteiger charge is 2.02. The molecular weight excluding hydrogens is 208 g/mol. The monoisotopic (exact) mass is 218 g/mol. The van der Waals surface area contributed by atoms with Crippen LogP contribution in [-0.4, -0.2) is 19.8 Å². The van der Waals surface area contributed by atoms with Crippen molar-refractivity contribution in [3.63, 3.8) is 0 Å². The van der Waals surface area contributed by atoms with Crippen LogP contribution in [0.4, 0.5) is 0 Å². The fourth-order valence-electron chi connectivity index (χ4n) is 1.24. The predicted octanol–water partition coefficient (Wildman–Crippen LogP) is 1.21. The summed E-state index contributed by atoms with van der Waals surface area (Å²) in [6.07, 6.45) is 3.52. The lowest BCUT2D eigenvalue weighted by atomic mass is 10.2. The van der Waals surface area contributed by atoms with Crippen molar-refractivity contribution in [1.82, 2.24) is 14.8 Å². The van der Waals surface area contributed by atoms with Gasteiger partial charge in [0.25, 0.3) is 0 Å². The molecule has 0 fully saturated rings. The number of nitrogens with zero attached hydrogens (tertiary/aromatic N) is 3. The van der Waals surface area contributed by atoms with Crippen LogP contribution in [0.5, 0.6) is 0 Å². The Bertz CT molecular complexity index is 504. The van der Waals surface area contributed by atoms with Crippen molar-refractivity contribution in [2.24, 2.45) is 5.73 Å². The van der Waals surface area contributed by atoms with Gasteiger partial charge in [-0.15, -0.1) is 0 Å². The second-order valence-corrected chi connectivity index (χ2v) is 3.61. The Morgan fingerprint density at radius 2 is 2.27 bits per heavy atom. The third kappa shape index (κ3) is 2.02. The van der Waals surface area contributed by atoms with Crippen LogP contribution in [0.3, 0.4) is 0 Å². The SMILES string of the molecule is Cc1ccn(-c2cc(C(N)=S)ccn2)n1. The van der Waals surface area contributed by atoms with Gasteiger partial charge in [0.2, 0.25) is 0 Å². The summed E-state index contributed by atoms with van der Waals surface area (Å²) in [5.41, 5.74) is 7.28. The quantitative estimate of drug-likeness (QED) is 0.770. The summed E-state index contributed by atoms with van der Waals surface area (Å²) in [5, 5.41) is 4.25. The van der Waals surface area contributed by atoms with E-state index in [2.05, 4.69) is 10.1 Å². The van der Waals surface area contributed by atoms with Crippen molar-refractivity contribution in [3.05, 3.63) is 41.9 Å². The Labute approximate surface area is 92.7 Å². The largest absolute Gasteiger partial charge is 0.389 e. The Balaban J connectivity index is 2.45. The van der Waals surface area contributed by atoms with Crippen LogP contribution in [0.2, 0.25) is 0 Å². The molecule has 76 valence electrons. The molecule has 0 saturated carbocycles. The predicted molar refractivity (Wildman–Crippen MR) is 62.0 cm³/mol. The van der Waals surface area contributed by atoms with E-state index in [0.29, 0.717) is 10.8 Å². The highest BCUT2D eigenvalue weighted by molar-refractivity contribution is 7.80. The van der Waals surface area contributed by atoms with E-state index in [1.54, 1.807) is 16.9 Å². The molecule has 15 heavy (non-hydrogen) atoms. The van der Waals surface area contributed by atoms with E-state index in [0.717, 1.165) is 11.3 Å². The van der Waals surface area contributed by atoms with Gasteiger partial charge in [-0.1, -0.05) is 12.2 Å². The summed E-state index contributed by atoms with van der Waals surface area (Å²) < 4.78 is 1.69. The first-order valence-electron chi connectivity index (χ1n) is 4.45. The van der Waals surface area contributed by atoms with Gasteiger partial charge in [0.05, 0.1) is 5.69 Å². The zero-order valence-electron chi connectivity index (χ0n) is 8.21. The van der Waals surface area contributed by atoms with E-state index in [1.807, 2.05) is 25.3 Å². The van der Waals surface area contributed by atoms with Crippen LogP contribution in [0.15, 0.2) is 30.6 Å². The summed E-state index contributed by atoms with van der Waals surface area (Å²) in [7, 11) is 0. The summed E-state index contributed by atoms with van der Waals surface area (Å²) in [6.45, 7) is 1.92. The van der Waals surface area contributed by atoms with Crippen molar-refractivity contribution in [1.29, 1.82) is 0 Å². The van der Waals surface area contributed by atoms with Gasteiger partial charge in [0.15, 0.2) is 5.82 Å². The lowest BCUT2D eigenvalue weighted by molar-refractivity contribution is 0.832. The topological polar surface area (TPSA) is 56.7 Å². The Hall–Kier alpha value is -1.75. The van der Waals surface area contributed by atoms with Gasteiger partial charge < -0.3 is 5.73 Å². The standard InChI is InChI=1S/C10H10N4S/c1-7-3-5-14(13-7)9-6-8(10(11)15)2-4-12-9/h2-6H,1H3,(H2,11,15). The van der Waals surface area contributed by atoms with E-state index in [9.17, 15) is 0 Å². The maximum absolute atomic E-state index is 5.54. The molecule has 2 N–H and O–H groups in total. The number of thiocarbonyl (C=S) groups is 1. The van der Waals surface area contributed by atoms with Crippen LogP contribution in [0.1, 0.15) is 11.3 Å². The number of rotatable bonds is 2. The van der Waals surface area contributed by atoms with E-state index >= 15 is 0 Å². The molecule has 0 radical (unpaired) electrons. The second-order valence-electron chi connectivity index (χ2n) is 3.17. The Kier molecular flexibility index (Phi) is 2.47. The van der Waals surface area contributed by atoms with Crippen molar-refractivity contribution < 1.29 is 0 Å². The van der Waals surface area contributed by atoms with E-state index < -0.39 is 0 Å². The first-order chi connectivity index (χ1) is 7.16. The minimum absolute atomic E-state index is 0.363. The molecule has 2 aromatic rings. The number of hydrogen-bond acceptors (Lipinski definition) is 3. The molecule has 0 bridgehead atoms. The van der Waals surface area contributed by atoms with Crippen molar-refractivity contribution in [3.8, 4) is 5.82 Å². The molecule has 0 aliphatic heterocycles. The van der Waals surface area contributed by atoms with E-state index in [1.165, 1.54) is 0 Å². The fraction of sp³-hybridized carbons (Fsp3) is 0.100. The molecule has 5 heteroatoms. The zero-order valence-corrected chi connectivity index (χ0v) is 9.03. The summed E-state index contributed by atoms with van der Waals surface area (Å²) in [5.74, 6) is 0.716. The van der Waals surface area contributed by atoms with Crippen molar-refractivity contribution in [2.75, 3.05) is 0 Å². The average molecular weight is 218 g/mol. The maximum Gasteiger partial charge on any atom is 0.153 e. The van der Waals surface area contributed by atoms with Crippen molar-refractivity contribution >= 4 is 17.2 Å². The molecular formula is C10H10N4S. The number of aromatic nitrogens is 3. The average Bonchev–Trinajstić information content (AvgIpc) is 2.65. The molecule has 0 aromatic carbocycles. The van der Waals surface area contributed by atoms with Crippen LogP contribution in [0, 0.1) is 6.92 Å². The lowest BCUT2D eigenvalue weighted by Gasteiger charge is -2.02. The second kappa shape index (κ2) is 3.78. The molecule has 0 aliphatic rings. The highest BCUT2D eigenvalue weighted by Crippen LogP contribution is 2.07. The highest BCUT2D eigenvalue weighted by atomic mass is 32.1. The third-order valence-electron chi connectivity index (χ3n) is 1.99. The molecule has 0 spiro atoms. The molecule has 0 unspecified atom stereocenters. The smallest absolute Gasteiger partial charge is 0.153 e. The molecule has 0 aliphatic carbocycles. The molecule has 0 amide bonds. The summed E-state index contributed by atoms with van der Waals surface area (Å²) in [4.78, 5) is 4.55. The number of aryl methyl sites for hydroxylation is 1. The van der Waals surface area contributed by atoms with E-state index in [-0.39, 0.29) is 0 Å². The number of hydrogen-bond donors (Lipinski definition) is 1. The minimum atomic E-state index is 0.363. The first kappa shape index (κ1) is 9.79. The molecule has 2 aromatic heterocycles. The molecule has 0 atom stereocenters. The van der Waals surface area contributed by atoms with Crippen LogP contribution in [0.25, 0.3) is 5.82 Å². The van der Waals surface area contributed by atoms with Crippen LogP contribution >= 0.6 is 12.2 Å². The van der Waals surface area contributed by atoms with Gasteiger partial charge in [-0.3, -0.25) is 0 Å². The number of pyridine rings is 1. The number of nitrogens with two attached hydrogens (primary N) is 1. The van der Waals surface area contributed by atoms with E-state index in [4.69, 9.17) is 18.0 Å². The normalized spacial score (nSPS) is 10.2. The zero-order chi connectivity index (χ0) is 10.8. The van der Waals surface area contributed by atoms with Gasteiger partial charge in [0.1, 0.15) is 4.99 Å². The summed E-state index contributed by atoms with van der Waals surface area (Å²) >= 11 is 4.90. The lowest BCUT2D eigenvalue weighted by Crippen LogP contribution is -2.10. The van der Waals surface area contributed by atoms with Crippen LogP contribution in [-0.2, 0) is 0 Å². The third-order valence-corrected chi connectivity index (χ3v) is 2.22. The van der Waals surface area contributed by atoms with Gasteiger partial charge in [-0.05, 0) is 25.1 Å². The minimum Gasteiger partial charge on any atom is -0.389 e. The van der Waals surface area contributed by atoms with Crippen molar-refractivity contribution in [2.45, 2.75) is 6.92 Å². The molecule has 2 heterocycles. The van der Waals surface area contributed by atoms with Gasteiger partial charge in [0, 0.05) is 18.0 Å². The van der Waals surface area contributed by atoms with Gasteiger partial charge in [-0.25, -0.2) is 9.67 Å². The maximum atomic E-state index is 5.54. The summed E-state index contributed by atoms with van der Waals surface area (Å²) in [6, 6.07) is 5.51. The molecule has 2 rings (SSSR count). The Morgan fingerprint density at radius 1 is 1.47 bits per heavy atom. The fourth-order valence-corrected chi connectivity index (χ4v) is 1.37. The molecule has 4 nitrogen and oxygen atoms in total. The van der Waals surface area contributed by atoms with Crippen LogP contribution < -0.4 is 5.73 Å². The Morgan fingerprint density at radius 3 is 2.87 bits per heavy atom.